The van der Waals surface area contributed by atoms with Crippen LogP contribution in [0.15, 0.2) is 23.8 Å². The van der Waals surface area contributed by atoms with Gasteiger partial charge in [-0.2, -0.15) is 5.26 Å². The summed E-state index contributed by atoms with van der Waals surface area (Å²) in [6.45, 7) is 8.76. The van der Waals surface area contributed by atoms with E-state index in [0.717, 1.165) is 41.3 Å². The highest BCUT2D eigenvalue weighted by molar-refractivity contribution is 7.18. The van der Waals surface area contributed by atoms with Crippen LogP contribution in [0, 0.1) is 31.1 Å². The second kappa shape index (κ2) is 9.72. The van der Waals surface area contributed by atoms with Crippen molar-refractivity contribution < 1.29 is 14.3 Å². The summed E-state index contributed by atoms with van der Waals surface area (Å²) in [5.41, 5.74) is 2.72. The predicted molar refractivity (Wildman–Crippen MR) is 112 cm³/mol. The van der Waals surface area contributed by atoms with E-state index in [-0.39, 0.29) is 11.4 Å². The van der Waals surface area contributed by atoms with Crippen LogP contribution in [0.3, 0.4) is 0 Å². The molecule has 28 heavy (non-hydrogen) atoms. The molecule has 0 unspecified atom stereocenters. The summed E-state index contributed by atoms with van der Waals surface area (Å²) in [5.74, 6) is -0.583. The lowest BCUT2D eigenvalue weighted by Gasteiger charge is -2.11. The number of nitriles is 1. The molecule has 2 rings (SSSR count). The van der Waals surface area contributed by atoms with Crippen molar-refractivity contribution in [2.24, 2.45) is 5.92 Å². The first-order valence-corrected chi connectivity index (χ1v) is 10.2. The number of Topliss-reactive ketones (excluding diaryl/α,β-unsaturated/α-hetero) is 1. The predicted octanol–water partition coefficient (Wildman–Crippen LogP) is 5.20. The molecular formula is C21H23ClN2O3S. The van der Waals surface area contributed by atoms with Gasteiger partial charge in [0.25, 0.3) is 0 Å². The Balaban J connectivity index is 2.10. The zero-order chi connectivity index (χ0) is 20.8. The molecule has 148 valence electrons. The third kappa shape index (κ3) is 5.57. The first kappa shape index (κ1) is 21.9. The lowest BCUT2D eigenvalue weighted by molar-refractivity contribution is -0.137. The van der Waals surface area contributed by atoms with Gasteiger partial charge in [-0.05, 0) is 56.0 Å². The minimum absolute atomic E-state index is 0.138. The number of carbonyl (C=O) groups is 2. The van der Waals surface area contributed by atoms with Gasteiger partial charge in [-0.1, -0.05) is 25.4 Å². The first-order valence-electron chi connectivity index (χ1n) is 8.97. The zero-order valence-electron chi connectivity index (χ0n) is 16.4. The van der Waals surface area contributed by atoms with E-state index in [9.17, 15) is 14.9 Å². The third-order valence-corrected chi connectivity index (χ3v) is 5.64. The number of carbonyl (C=O) groups excluding carboxylic acids is 2. The number of thiophene rings is 1. The maximum atomic E-state index is 12.2. The normalized spacial score (nSPS) is 11.5. The van der Waals surface area contributed by atoms with Crippen LogP contribution >= 0.6 is 22.9 Å². The van der Waals surface area contributed by atoms with Crippen LogP contribution in [0.25, 0.3) is 6.08 Å². The molecule has 0 amide bonds. The molecule has 0 aromatic carbocycles. The molecule has 2 heterocycles. The number of aromatic nitrogens is 1. The summed E-state index contributed by atoms with van der Waals surface area (Å²) >= 11 is 6.92. The van der Waals surface area contributed by atoms with Crippen molar-refractivity contribution in [3.63, 3.8) is 0 Å². The largest absolute Gasteiger partial charge is 0.453 e. The van der Waals surface area contributed by atoms with Crippen LogP contribution in [0.5, 0.6) is 0 Å². The molecule has 0 aliphatic carbocycles. The van der Waals surface area contributed by atoms with Crippen molar-refractivity contribution in [1.29, 1.82) is 5.26 Å². The molecule has 0 saturated carbocycles. The molecule has 0 saturated heterocycles. The number of aryl methyl sites for hydroxylation is 1. The number of halogens is 1. The highest BCUT2D eigenvalue weighted by Gasteiger charge is 2.17. The van der Waals surface area contributed by atoms with Gasteiger partial charge < -0.3 is 9.30 Å². The summed E-state index contributed by atoms with van der Waals surface area (Å²) in [4.78, 5) is 24.7. The number of esters is 1. The molecule has 2 aromatic heterocycles. The molecule has 0 radical (unpaired) electrons. The molecule has 2 aromatic rings. The van der Waals surface area contributed by atoms with Gasteiger partial charge in [-0.15, -0.1) is 11.3 Å². The van der Waals surface area contributed by atoms with E-state index >= 15 is 0 Å². The Morgan fingerprint density at radius 1 is 1.36 bits per heavy atom. The van der Waals surface area contributed by atoms with Gasteiger partial charge in [0, 0.05) is 17.9 Å². The van der Waals surface area contributed by atoms with Crippen molar-refractivity contribution in [2.75, 3.05) is 6.61 Å². The monoisotopic (exact) mass is 418 g/mol. The van der Waals surface area contributed by atoms with E-state index in [4.69, 9.17) is 16.3 Å². The second-order valence-electron chi connectivity index (χ2n) is 6.93. The van der Waals surface area contributed by atoms with Gasteiger partial charge in [-0.3, -0.25) is 4.79 Å². The van der Waals surface area contributed by atoms with Gasteiger partial charge in [0.2, 0.25) is 5.78 Å². The Bertz CT molecular complexity index is 947. The molecular weight excluding hydrogens is 396 g/mol. The second-order valence-corrected chi connectivity index (χ2v) is 8.65. The van der Waals surface area contributed by atoms with E-state index in [0.29, 0.717) is 15.1 Å². The van der Waals surface area contributed by atoms with Gasteiger partial charge in [0.15, 0.2) is 6.61 Å². The van der Waals surface area contributed by atoms with E-state index < -0.39 is 12.6 Å². The fourth-order valence-corrected chi connectivity index (χ4v) is 3.71. The number of hydrogen-bond donors (Lipinski definition) is 0. The van der Waals surface area contributed by atoms with Crippen molar-refractivity contribution in [3.8, 4) is 6.07 Å². The maximum Gasteiger partial charge on any atom is 0.349 e. The maximum absolute atomic E-state index is 12.2. The lowest BCUT2D eigenvalue weighted by Crippen LogP contribution is -2.14. The fraction of sp³-hybridized carbons (Fsp3) is 0.381. The van der Waals surface area contributed by atoms with Crippen molar-refractivity contribution >= 4 is 40.8 Å². The van der Waals surface area contributed by atoms with Crippen LogP contribution in [-0.2, 0) is 16.1 Å². The Hall–Kier alpha value is -2.36. The van der Waals surface area contributed by atoms with Gasteiger partial charge in [-0.25, -0.2) is 4.79 Å². The topological polar surface area (TPSA) is 72.1 Å². The van der Waals surface area contributed by atoms with E-state index in [2.05, 4.69) is 18.4 Å². The Morgan fingerprint density at radius 3 is 2.64 bits per heavy atom. The minimum atomic E-state index is -0.814. The molecule has 7 heteroatoms. The Kier molecular flexibility index (Phi) is 7.61. The molecule has 0 N–H and O–H groups in total. The molecule has 0 aliphatic heterocycles. The van der Waals surface area contributed by atoms with Crippen molar-refractivity contribution in [2.45, 2.75) is 40.7 Å². The molecule has 0 aliphatic rings. The fourth-order valence-electron chi connectivity index (χ4n) is 2.74. The number of rotatable bonds is 8. The van der Waals surface area contributed by atoms with Crippen LogP contribution < -0.4 is 0 Å². The minimum Gasteiger partial charge on any atom is -0.453 e. The summed E-state index contributed by atoms with van der Waals surface area (Å²) in [6.07, 6.45) is 2.56. The van der Waals surface area contributed by atoms with Gasteiger partial charge in [0.1, 0.15) is 11.6 Å². The van der Waals surface area contributed by atoms with E-state index in [1.165, 1.54) is 6.08 Å². The average Bonchev–Trinajstić information content (AvgIpc) is 3.19. The number of hydrogen-bond acceptors (Lipinski definition) is 5. The lowest BCUT2D eigenvalue weighted by atomic mass is 10.1. The Labute approximate surface area is 174 Å². The van der Waals surface area contributed by atoms with Crippen LogP contribution in [0.1, 0.15) is 46.9 Å². The van der Waals surface area contributed by atoms with E-state index in [1.54, 1.807) is 12.1 Å². The molecule has 0 bridgehead atoms. The molecule has 0 atom stereocenters. The molecule has 0 fully saturated rings. The summed E-state index contributed by atoms with van der Waals surface area (Å²) in [6, 6.07) is 7.00. The van der Waals surface area contributed by atoms with Crippen LogP contribution in [0.4, 0.5) is 0 Å². The third-order valence-electron chi connectivity index (χ3n) is 4.37. The van der Waals surface area contributed by atoms with Crippen molar-refractivity contribution in [1.82, 2.24) is 4.57 Å². The highest BCUT2D eigenvalue weighted by atomic mass is 35.5. The summed E-state index contributed by atoms with van der Waals surface area (Å²) in [5, 5.41) is 9.36. The van der Waals surface area contributed by atoms with Crippen LogP contribution in [0.2, 0.25) is 4.34 Å². The van der Waals surface area contributed by atoms with Crippen LogP contribution in [-0.4, -0.2) is 22.9 Å². The number of ether oxygens (including phenoxy) is 1. The number of ketones is 1. The average molecular weight is 419 g/mol. The SMILES string of the molecule is Cc1cc(/C=C(\C#N)C(=O)OCC(=O)c2ccc(Cl)s2)c(C)n1CCC(C)C. The van der Waals surface area contributed by atoms with Gasteiger partial charge >= 0.3 is 5.97 Å². The Morgan fingerprint density at radius 2 is 2.07 bits per heavy atom. The summed E-state index contributed by atoms with van der Waals surface area (Å²) in [7, 11) is 0. The molecule has 5 nitrogen and oxygen atoms in total. The van der Waals surface area contributed by atoms with Crippen molar-refractivity contribution in [3.05, 3.63) is 49.9 Å². The van der Waals surface area contributed by atoms with E-state index in [1.807, 2.05) is 26.0 Å². The molecule has 0 spiro atoms. The van der Waals surface area contributed by atoms with Gasteiger partial charge in [0.05, 0.1) is 9.21 Å². The first-order chi connectivity index (χ1) is 13.2. The highest BCUT2D eigenvalue weighted by Crippen LogP contribution is 2.22. The summed E-state index contributed by atoms with van der Waals surface area (Å²) < 4.78 is 7.69. The standard InChI is InChI=1S/C21H23ClN2O3S/c1-13(2)7-8-24-14(3)9-16(15(24)4)10-17(11-23)21(26)27-12-18(25)19-5-6-20(22)28-19/h5-6,9-10,13H,7-8,12H2,1-4H3/b17-10+. The zero-order valence-corrected chi connectivity index (χ0v) is 18.0. The quantitative estimate of drug-likeness (QED) is 0.255. The number of nitrogens with zero attached hydrogens (tertiary/aromatic N) is 2. The smallest absolute Gasteiger partial charge is 0.349 e.